The highest BCUT2D eigenvalue weighted by Gasteiger charge is 2.45. The summed E-state index contributed by atoms with van der Waals surface area (Å²) >= 11 is 0. The first-order chi connectivity index (χ1) is 28.1. The van der Waals surface area contributed by atoms with Gasteiger partial charge in [-0.3, -0.25) is 0 Å². The largest absolute Gasteiger partial charge is 0.456 e. The second-order valence-electron chi connectivity index (χ2n) is 20.2. The maximum Gasteiger partial charge on any atom is 0.333 e. The molecule has 5 heterocycles. The van der Waals surface area contributed by atoms with Crippen LogP contribution in [0.25, 0.3) is 82.5 Å². The minimum Gasteiger partial charge on any atom is -0.456 e. The topological polar surface area (TPSA) is 34.5 Å². The maximum atomic E-state index is 6.84. The van der Waals surface area contributed by atoms with E-state index in [1.807, 2.05) is 0 Å². The summed E-state index contributed by atoms with van der Waals surface area (Å²) in [5.74, 6) is 0. The lowest BCUT2D eigenvalue weighted by Gasteiger charge is -2.42. The van der Waals surface area contributed by atoms with Crippen molar-refractivity contribution in [3.63, 3.8) is 0 Å². The molecule has 0 aliphatic carbocycles. The highest BCUT2D eigenvalue weighted by Crippen LogP contribution is 2.49. The maximum absolute atomic E-state index is 6.84. The predicted molar refractivity (Wildman–Crippen MR) is 250 cm³/mol. The Morgan fingerprint density at radius 3 is 1.81 bits per heavy atom. The van der Waals surface area contributed by atoms with Crippen molar-refractivity contribution >= 4 is 94.8 Å². The number of nitrogens with zero attached hydrogens (tertiary/aromatic N) is 2. The second kappa shape index (κ2) is 11.3. The molecule has 0 atom stereocenters. The molecule has 59 heavy (non-hydrogen) atoms. The van der Waals surface area contributed by atoms with Crippen molar-refractivity contribution in [1.29, 1.82) is 0 Å². The van der Waals surface area contributed by atoms with Gasteiger partial charge in [0.25, 0.3) is 0 Å². The number of rotatable bonds is 1. The van der Waals surface area contributed by atoms with Crippen molar-refractivity contribution in [2.45, 2.75) is 78.6 Å². The summed E-state index contributed by atoms with van der Waals surface area (Å²) < 4.78 is 15.9. The highest BCUT2D eigenvalue weighted by atomic mass is 16.3. The minimum absolute atomic E-state index is 0.0165. The Morgan fingerprint density at radius 1 is 0.441 bits per heavy atom. The summed E-state index contributed by atoms with van der Waals surface area (Å²) in [6.07, 6.45) is 0. The lowest BCUT2D eigenvalue weighted by Crippen LogP contribution is -2.60. The fourth-order valence-corrected chi connectivity index (χ4v) is 10.2. The molecule has 288 valence electrons. The zero-order valence-corrected chi connectivity index (χ0v) is 35.3. The number of anilines is 2. The summed E-state index contributed by atoms with van der Waals surface area (Å²) in [6.45, 7) is 20.5. The molecule has 2 aliphatic rings. The molecule has 0 N–H and O–H groups in total. The molecule has 4 nitrogen and oxygen atoms in total. The van der Waals surface area contributed by atoms with Crippen molar-refractivity contribution in [3.8, 4) is 16.8 Å². The SMILES string of the molecule is CC(C)(C)c1ccc(N2B3c4cc(C(C)(C)C)ccc4-n4c5cc6oc7ccccc7c6cc5c5ccc(c3c54)-c3cc4c(cc32)oc2cc(C(C)(C)C)ccc24)cc1. The molecule has 0 saturated heterocycles. The smallest absolute Gasteiger partial charge is 0.333 e. The fraction of sp³-hybridized carbons (Fsp3) is 0.222. The van der Waals surface area contributed by atoms with Crippen LogP contribution < -0.4 is 15.7 Å². The van der Waals surface area contributed by atoms with Gasteiger partial charge in [-0.25, -0.2) is 0 Å². The molecular formula is C54H47BN2O2. The van der Waals surface area contributed by atoms with Gasteiger partial charge in [0, 0.05) is 67.1 Å². The standard InChI is InChI=1S/C54H47BN2O2/c1-52(2,3)30-14-18-33(19-15-30)57-45-29-49-41(35-20-16-32(54(7,8)9)25-47(35)59-49)26-38(45)36-21-22-37-39-27-40-34-12-10-11-13-46(34)58-48(40)28-44(39)56-43-23-17-31(53(4,5)6)24-42(43)55(57)50(36)51(37)56/h10-29H,1-9H3. The van der Waals surface area contributed by atoms with E-state index in [0.717, 1.165) is 55.3 Å². The van der Waals surface area contributed by atoms with Crippen LogP contribution in [0.5, 0.6) is 0 Å². The average Bonchev–Trinajstić information content (AvgIpc) is 3.86. The lowest BCUT2D eigenvalue weighted by molar-refractivity contribution is 0.587. The van der Waals surface area contributed by atoms with Crippen molar-refractivity contribution in [2.24, 2.45) is 0 Å². The van der Waals surface area contributed by atoms with Crippen molar-refractivity contribution in [1.82, 2.24) is 4.57 Å². The number of furan rings is 2. The van der Waals surface area contributed by atoms with E-state index in [2.05, 4.69) is 193 Å². The lowest BCUT2D eigenvalue weighted by atomic mass is 9.43. The van der Waals surface area contributed by atoms with Crippen molar-refractivity contribution in [2.75, 3.05) is 4.81 Å². The predicted octanol–water partition coefficient (Wildman–Crippen LogP) is 13.7. The number of fused-ring (bicyclic) bond motifs is 14. The first kappa shape index (κ1) is 34.8. The first-order valence-corrected chi connectivity index (χ1v) is 21.1. The van der Waals surface area contributed by atoms with E-state index in [1.165, 1.54) is 66.2 Å². The molecule has 0 saturated carbocycles. The van der Waals surface area contributed by atoms with Crippen LogP contribution in [0, 0.1) is 0 Å². The molecule has 7 aromatic carbocycles. The van der Waals surface area contributed by atoms with Crippen LogP contribution in [0.1, 0.15) is 79.0 Å². The minimum atomic E-state index is -0.0889. The Balaban J connectivity index is 1.23. The summed E-state index contributed by atoms with van der Waals surface area (Å²) in [5, 5.41) is 7.10. The van der Waals surface area contributed by atoms with E-state index in [0.29, 0.717) is 0 Å². The number of benzene rings is 7. The van der Waals surface area contributed by atoms with Gasteiger partial charge in [-0.05, 0) is 91.9 Å². The van der Waals surface area contributed by atoms with Gasteiger partial charge in [0.05, 0.1) is 11.0 Å². The highest BCUT2D eigenvalue weighted by molar-refractivity contribution is 6.93. The van der Waals surface area contributed by atoms with Gasteiger partial charge in [0.15, 0.2) is 0 Å². The number of hydrogen-bond acceptors (Lipinski definition) is 3. The molecule has 0 unspecified atom stereocenters. The normalized spacial score (nSPS) is 14.1. The zero-order chi connectivity index (χ0) is 40.5. The molecule has 0 bridgehead atoms. The molecule has 0 amide bonds. The van der Waals surface area contributed by atoms with Crippen molar-refractivity contribution in [3.05, 3.63) is 138 Å². The van der Waals surface area contributed by atoms with Crippen LogP contribution in [0.3, 0.4) is 0 Å². The fourth-order valence-electron chi connectivity index (χ4n) is 10.2. The van der Waals surface area contributed by atoms with E-state index in [9.17, 15) is 0 Å². The summed E-state index contributed by atoms with van der Waals surface area (Å²) in [7, 11) is 0. The second-order valence-corrected chi connectivity index (χ2v) is 20.2. The number of hydrogen-bond donors (Lipinski definition) is 0. The summed E-state index contributed by atoms with van der Waals surface area (Å²) in [4.78, 5) is 2.61. The molecule has 5 heteroatoms. The van der Waals surface area contributed by atoms with Gasteiger partial charge < -0.3 is 18.2 Å². The molecular weight excluding hydrogens is 719 g/mol. The van der Waals surface area contributed by atoms with Crippen molar-refractivity contribution < 1.29 is 8.83 Å². The Labute approximate surface area is 345 Å². The zero-order valence-electron chi connectivity index (χ0n) is 35.3. The van der Waals surface area contributed by atoms with Crippen LogP contribution in [0.2, 0.25) is 0 Å². The Morgan fingerprint density at radius 2 is 1.05 bits per heavy atom. The molecule has 3 aromatic heterocycles. The van der Waals surface area contributed by atoms with Gasteiger partial charge in [-0.1, -0.05) is 129 Å². The third-order valence-electron chi connectivity index (χ3n) is 13.4. The van der Waals surface area contributed by atoms with E-state index in [-0.39, 0.29) is 23.1 Å². The van der Waals surface area contributed by atoms with E-state index in [4.69, 9.17) is 8.83 Å². The van der Waals surface area contributed by atoms with Crippen LogP contribution in [-0.2, 0) is 16.2 Å². The Hall–Kier alpha value is -6.20. The Kier molecular flexibility index (Phi) is 6.66. The van der Waals surface area contributed by atoms with Gasteiger partial charge >= 0.3 is 6.85 Å². The van der Waals surface area contributed by atoms with Crippen LogP contribution in [0.15, 0.2) is 130 Å². The Bertz CT molecular complexity index is 3450. The molecule has 2 aliphatic heterocycles. The molecule has 0 radical (unpaired) electrons. The van der Waals surface area contributed by atoms with Gasteiger partial charge in [-0.15, -0.1) is 0 Å². The van der Waals surface area contributed by atoms with E-state index < -0.39 is 0 Å². The van der Waals surface area contributed by atoms with Gasteiger partial charge in [0.1, 0.15) is 22.3 Å². The van der Waals surface area contributed by atoms with E-state index >= 15 is 0 Å². The molecule has 0 spiro atoms. The number of aromatic nitrogens is 1. The first-order valence-electron chi connectivity index (χ1n) is 21.1. The molecule has 12 rings (SSSR count). The summed E-state index contributed by atoms with van der Waals surface area (Å²) in [6, 6.07) is 45.9. The molecule has 10 aromatic rings. The summed E-state index contributed by atoms with van der Waals surface area (Å²) in [5.41, 5.74) is 18.7. The van der Waals surface area contributed by atoms with Crippen LogP contribution in [-0.4, -0.2) is 11.4 Å². The van der Waals surface area contributed by atoms with Gasteiger partial charge in [-0.2, -0.15) is 0 Å². The van der Waals surface area contributed by atoms with E-state index in [1.54, 1.807) is 0 Å². The third-order valence-corrected chi connectivity index (χ3v) is 13.4. The average molecular weight is 767 g/mol. The van der Waals surface area contributed by atoms with Gasteiger partial charge in [0.2, 0.25) is 0 Å². The quantitative estimate of drug-likeness (QED) is 0.156. The number of para-hydroxylation sites is 1. The third kappa shape index (κ3) is 4.79. The van der Waals surface area contributed by atoms with Crippen LogP contribution >= 0.6 is 0 Å². The van der Waals surface area contributed by atoms with Crippen LogP contribution in [0.4, 0.5) is 11.4 Å². The monoisotopic (exact) mass is 766 g/mol. The molecule has 0 fully saturated rings.